The molecule has 0 bridgehead atoms. The van der Waals surface area contributed by atoms with E-state index in [0.717, 1.165) is 21.4 Å². The summed E-state index contributed by atoms with van der Waals surface area (Å²) in [6, 6.07) is 14.0. The lowest BCUT2D eigenvalue weighted by molar-refractivity contribution is -0.145. The Morgan fingerprint density at radius 3 is 2.31 bits per heavy atom. The summed E-state index contributed by atoms with van der Waals surface area (Å²) in [4.78, 5) is 38.3. The van der Waals surface area contributed by atoms with E-state index in [2.05, 4.69) is 5.32 Å². The van der Waals surface area contributed by atoms with Crippen LogP contribution in [-0.4, -0.2) is 28.3 Å². The predicted octanol–water partition coefficient (Wildman–Crippen LogP) is 4.36. The van der Waals surface area contributed by atoms with Crippen LogP contribution in [0.25, 0.3) is 0 Å². The number of hydrogen-bond donors (Lipinski definition) is 1. The number of aryl methyl sites for hydroxylation is 1. The van der Waals surface area contributed by atoms with E-state index in [1.54, 1.807) is 19.1 Å². The minimum atomic E-state index is -0.663. The van der Waals surface area contributed by atoms with E-state index in [4.69, 9.17) is 21.1 Å². The SMILES string of the molecule is COC(=O)[C@@H](C)Cn1c(=O)cc(Nc2ccc(OC(C)C)c(C)c2)n(Cc2ccc(Cl)cc2)c1=O. The molecule has 3 rings (SSSR count). The molecule has 0 aliphatic rings. The third-order valence-electron chi connectivity index (χ3n) is 5.40. The Balaban J connectivity index is 2.04. The first-order valence-corrected chi connectivity index (χ1v) is 11.7. The van der Waals surface area contributed by atoms with Crippen LogP contribution in [-0.2, 0) is 22.6 Å². The Morgan fingerprint density at radius 2 is 1.71 bits per heavy atom. The van der Waals surface area contributed by atoms with Crippen molar-refractivity contribution in [1.82, 2.24) is 9.13 Å². The van der Waals surface area contributed by atoms with Gasteiger partial charge in [-0.15, -0.1) is 0 Å². The zero-order valence-corrected chi connectivity index (χ0v) is 21.3. The van der Waals surface area contributed by atoms with Gasteiger partial charge < -0.3 is 14.8 Å². The van der Waals surface area contributed by atoms with Gasteiger partial charge in [-0.2, -0.15) is 0 Å². The van der Waals surface area contributed by atoms with E-state index in [1.807, 2.05) is 51.1 Å². The highest BCUT2D eigenvalue weighted by molar-refractivity contribution is 6.30. The Labute approximate surface area is 209 Å². The van der Waals surface area contributed by atoms with Crippen molar-refractivity contribution in [3.8, 4) is 5.75 Å². The Bertz CT molecular complexity index is 1310. The zero-order chi connectivity index (χ0) is 25.7. The quantitative estimate of drug-likeness (QED) is 0.440. The number of methoxy groups -OCH3 is 1. The van der Waals surface area contributed by atoms with Gasteiger partial charge in [0.25, 0.3) is 5.56 Å². The highest BCUT2D eigenvalue weighted by Crippen LogP contribution is 2.25. The number of ether oxygens (including phenoxy) is 2. The zero-order valence-electron chi connectivity index (χ0n) is 20.5. The van der Waals surface area contributed by atoms with Crippen molar-refractivity contribution in [2.45, 2.75) is 46.9 Å². The fraction of sp³-hybridized carbons (Fsp3) is 0.346. The van der Waals surface area contributed by atoms with Gasteiger partial charge in [0.1, 0.15) is 11.6 Å². The highest BCUT2D eigenvalue weighted by atomic mass is 35.5. The van der Waals surface area contributed by atoms with Crippen molar-refractivity contribution in [2.24, 2.45) is 5.92 Å². The lowest BCUT2D eigenvalue weighted by Gasteiger charge is -2.19. The largest absolute Gasteiger partial charge is 0.491 e. The lowest BCUT2D eigenvalue weighted by Crippen LogP contribution is -2.42. The van der Waals surface area contributed by atoms with Crippen LogP contribution in [0.1, 0.15) is 31.9 Å². The van der Waals surface area contributed by atoms with Gasteiger partial charge in [0.2, 0.25) is 0 Å². The second-order valence-electron chi connectivity index (χ2n) is 8.67. The van der Waals surface area contributed by atoms with E-state index < -0.39 is 23.1 Å². The van der Waals surface area contributed by atoms with Crippen molar-refractivity contribution >= 4 is 29.1 Å². The molecule has 35 heavy (non-hydrogen) atoms. The first-order valence-electron chi connectivity index (χ1n) is 11.3. The van der Waals surface area contributed by atoms with Gasteiger partial charge in [0.15, 0.2) is 0 Å². The number of carbonyl (C=O) groups excluding carboxylic acids is 1. The summed E-state index contributed by atoms with van der Waals surface area (Å²) in [5.41, 5.74) is 1.38. The van der Waals surface area contributed by atoms with E-state index in [0.29, 0.717) is 16.5 Å². The molecule has 0 saturated carbocycles. The van der Waals surface area contributed by atoms with Gasteiger partial charge in [-0.25, -0.2) is 4.79 Å². The number of carbonyl (C=O) groups is 1. The molecular formula is C26H30ClN3O5. The van der Waals surface area contributed by atoms with Crippen molar-refractivity contribution < 1.29 is 14.3 Å². The predicted molar refractivity (Wildman–Crippen MR) is 137 cm³/mol. The summed E-state index contributed by atoms with van der Waals surface area (Å²) in [6.45, 7) is 7.55. The number of benzene rings is 2. The molecule has 3 aromatic rings. The van der Waals surface area contributed by atoms with Gasteiger partial charge in [-0.3, -0.25) is 18.7 Å². The van der Waals surface area contributed by atoms with Crippen LogP contribution in [0.5, 0.6) is 5.75 Å². The standard InChI is InChI=1S/C26H30ClN3O5/c1-16(2)35-22-11-10-21(12-17(22)3)28-23-13-24(31)30(14-18(4)25(32)34-5)26(33)29(23)15-19-6-8-20(27)9-7-19/h6-13,16,18,28H,14-15H2,1-5H3/t18-/m0/s1. The summed E-state index contributed by atoms with van der Waals surface area (Å²) in [7, 11) is 1.27. The molecule has 0 aliphatic heterocycles. The Morgan fingerprint density at radius 1 is 1.03 bits per heavy atom. The third-order valence-corrected chi connectivity index (χ3v) is 5.65. The van der Waals surface area contributed by atoms with Gasteiger partial charge in [-0.05, 0) is 62.2 Å². The molecule has 0 amide bonds. The van der Waals surface area contributed by atoms with Crippen LogP contribution in [0.2, 0.25) is 5.02 Å². The number of anilines is 2. The monoisotopic (exact) mass is 499 g/mol. The maximum absolute atomic E-state index is 13.4. The van der Waals surface area contributed by atoms with Crippen LogP contribution in [0.15, 0.2) is 58.1 Å². The number of hydrogen-bond acceptors (Lipinski definition) is 6. The molecule has 0 aliphatic carbocycles. The van der Waals surface area contributed by atoms with Crippen molar-refractivity contribution in [1.29, 1.82) is 0 Å². The molecule has 2 aromatic carbocycles. The molecule has 0 radical (unpaired) electrons. The van der Waals surface area contributed by atoms with E-state index in [-0.39, 0.29) is 19.2 Å². The van der Waals surface area contributed by atoms with Gasteiger partial charge in [0.05, 0.1) is 25.7 Å². The van der Waals surface area contributed by atoms with Crippen LogP contribution in [0.4, 0.5) is 11.5 Å². The van der Waals surface area contributed by atoms with Gasteiger partial charge in [-0.1, -0.05) is 30.7 Å². The Hall–Kier alpha value is -3.52. The maximum Gasteiger partial charge on any atom is 0.332 e. The van der Waals surface area contributed by atoms with Gasteiger partial charge in [0, 0.05) is 23.3 Å². The van der Waals surface area contributed by atoms with Crippen molar-refractivity contribution in [3.05, 3.63) is 85.5 Å². The summed E-state index contributed by atoms with van der Waals surface area (Å²) in [5.74, 6) is -0.0727. The number of rotatable bonds is 9. The number of halogens is 1. The molecule has 0 fully saturated rings. The highest BCUT2D eigenvalue weighted by Gasteiger charge is 2.19. The minimum absolute atomic E-state index is 0.0389. The first-order chi connectivity index (χ1) is 16.6. The maximum atomic E-state index is 13.4. The normalized spacial score (nSPS) is 11.9. The molecule has 1 N–H and O–H groups in total. The van der Waals surface area contributed by atoms with Gasteiger partial charge >= 0.3 is 11.7 Å². The number of nitrogens with zero attached hydrogens (tertiary/aromatic N) is 2. The lowest BCUT2D eigenvalue weighted by atomic mass is 10.2. The molecule has 1 heterocycles. The summed E-state index contributed by atoms with van der Waals surface area (Å²) >= 11 is 6.01. The molecule has 8 nitrogen and oxygen atoms in total. The van der Waals surface area contributed by atoms with E-state index >= 15 is 0 Å². The molecular weight excluding hydrogens is 470 g/mol. The smallest absolute Gasteiger partial charge is 0.332 e. The average Bonchev–Trinajstić information content (AvgIpc) is 2.81. The Kier molecular flexibility index (Phi) is 8.40. The molecule has 1 aromatic heterocycles. The fourth-order valence-corrected chi connectivity index (χ4v) is 3.75. The van der Waals surface area contributed by atoms with Crippen molar-refractivity contribution in [2.75, 3.05) is 12.4 Å². The van der Waals surface area contributed by atoms with Crippen LogP contribution >= 0.6 is 11.6 Å². The van der Waals surface area contributed by atoms with Crippen LogP contribution < -0.4 is 21.3 Å². The summed E-state index contributed by atoms with van der Waals surface area (Å²) in [6.07, 6.45) is 0.0389. The van der Waals surface area contributed by atoms with Crippen LogP contribution in [0.3, 0.4) is 0 Å². The fourth-order valence-electron chi connectivity index (χ4n) is 3.62. The molecule has 0 spiro atoms. The molecule has 0 unspecified atom stereocenters. The summed E-state index contributed by atoms with van der Waals surface area (Å²) < 4.78 is 13.1. The average molecular weight is 500 g/mol. The minimum Gasteiger partial charge on any atom is -0.491 e. The van der Waals surface area contributed by atoms with E-state index in [9.17, 15) is 14.4 Å². The summed E-state index contributed by atoms with van der Waals surface area (Å²) in [5, 5.41) is 3.78. The van der Waals surface area contributed by atoms with E-state index in [1.165, 1.54) is 17.7 Å². The number of nitrogens with one attached hydrogen (secondary N) is 1. The molecule has 9 heteroatoms. The molecule has 186 valence electrons. The number of esters is 1. The number of aromatic nitrogens is 2. The molecule has 0 saturated heterocycles. The third kappa shape index (κ3) is 6.54. The van der Waals surface area contributed by atoms with Crippen LogP contribution in [0, 0.1) is 12.8 Å². The second kappa shape index (κ2) is 11.3. The van der Waals surface area contributed by atoms with Crippen molar-refractivity contribution in [3.63, 3.8) is 0 Å². The topological polar surface area (TPSA) is 91.6 Å². The second-order valence-corrected chi connectivity index (χ2v) is 9.11. The molecule has 1 atom stereocenters. The first kappa shape index (κ1) is 26.1.